The van der Waals surface area contributed by atoms with Crippen LogP contribution in [-0.4, -0.2) is 50.4 Å². The van der Waals surface area contributed by atoms with Gasteiger partial charge in [-0.2, -0.15) is 4.98 Å². The summed E-state index contributed by atoms with van der Waals surface area (Å²) in [6.45, 7) is 4.36. The minimum atomic E-state index is -0.464. The van der Waals surface area contributed by atoms with Gasteiger partial charge in [-0.1, -0.05) is 5.16 Å². The van der Waals surface area contributed by atoms with Gasteiger partial charge in [-0.25, -0.2) is 0 Å². The fraction of sp³-hybridized carbons (Fsp3) is 0.667. The Kier molecular flexibility index (Phi) is 2.76. The van der Waals surface area contributed by atoms with E-state index in [1.807, 2.05) is 0 Å². The fourth-order valence-electron chi connectivity index (χ4n) is 2.81. The maximum Gasteiger partial charge on any atom is 0.246 e. The molecule has 1 aromatic heterocycles. The van der Waals surface area contributed by atoms with E-state index in [0.717, 1.165) is 12.8 Å². The van der Waals surface area contributed by atoms with Gasteiger partial charge in [0.2, 0.25) is 17.7 Å². The largest absolute Gasteiger partial charge is 0.337 e. The molecule has 3 heterocycles. The van der Waals surface area contributed by atoms with E-state index in [1.54, 1.807) is 23.6 Å². The van der Waals surface area contributed by atoms with Crippen molar-refractivity contribution < 1.29 is 14.1 Å². The first-order valence-electron chi connectivity index (χ1n) is 6.48. The first-order chi connectivity index (χ1) is 9.08. The topological polar surface area (TPSA) is 79.5 Å². The summed E-state index contributed by atoms with van der Waals surface area (Å²) in [6.07, 6.45) is 1.64. The molecule has 7 heteroatoms. The average molecular weight is 264 g/mol. The Morgan fingerprint density at radius 1 is 1.37 bits per heavy atom. The predicted octanol–water partition coefficient (Wildman–Crippen LogP) is 0.0997. The molecule has 2 aliphatic rings. The molecule has 2 amide bonds. The van der Waals surface area contributed by atoms with Crippen LogP contribution < -0.4 is 0 Å². The van der Waals surface area contributed by atoms with Gasteiger partial charge in [-0.05, 0) is 26.7 Å². The van der Waals surface area contributed by atoms with Crippen LogP contribution in [0.5, 0.6) is 0 Å². The highest BCUT2D eigenvalue weighted by molar-refractivity contribution is 5.97. The van der Waals surface area contributed by atoms with E-state index >= 15 is 0 Å². The molecular weight excluding hydrogens is 248 g/mol. The quantitative estimate of drug-likeness (QED) is 0.757. The molecule has 0 spiro atoms. The molecule has 3 rings (SSSR count). The third-order valence-corrected chi connectivity index (χ3v) is 3.80. The number of fused-ring (bicyclic) bond motifs is 1. The summed E-state index contributed by atoms with van der Waals surface area (Å²) in [4.78, 5) is 32.0. The Morgan fingerprint density at radius 3 is 2.84 bits per heavy atom. The second-order valence-electron chi connectivity index (χ2n) is 5.07. The van der Waals surface area contributed by atoms with Crippen LogP contribution in [0.1, 0.15) is 31.5 Å². The monoisotopic (exact) mass is 264 g/mol. The molecule has 19 heavy (non-hydrogen) atoms. The molecule has 0 aliphatic carbocycles. The van der Waals surface area contributed by atoms with Crippen LogP contribution in [0.15, 0.2) is 4.52 Å². The Bertz CT molecular complexity index is 527. The molecule has 0 radical (unpaired) electrons. The number of nitrogens with zero attached hydrogens (tertiary/aromatic N) is 4. The van der Waals surface area contributed by atoms with Crippen molar-refractivity contribution in [3.05, 3.63) is 11.7 Å². The second kappa shape index (κ2) is 4.32. The highest BCUT2D eigenvalue weighted by Crippen LogP contribution is 2.27. The van der Waals surface area contributed by atoms with Crippen LogP contribution in [0.3, 0.4) is 0 Å². The summed E-state index contributed by atoms with van der Waals surface area (Å²) >= 11 is 0. The third-order valence-electron chi connectivity index (χ3n) is 3.80. The van der Waals surface area contributed by atoms with E-state index in [9.17, 15) is 9.59 Å². The summed E-state index contributed by atoms with van der Waals surface area (Å²) in [5.74, 6) is 0.900. The van der Waals surface area contributed by atoms with Gasteiger partial charge in [0.05, 0.1) is 0 Å². The molecule has 0 N–H and O–H groups in total. The number of piperazine rings is 1. The van der Waals surface area contributed by atoms with Crippen molar-refractivity contribution in [1.29, 1.82) is 0 Å². The Morgan fingerprint density at radius 2 is 2.16 bits per heavy atom. The Balaban J connectivity index is 1.83. The number of carbonyl (C=O) groups excluding carboxylic acids is 2. The van der Waals surface area contributed by atoms with Crippen LogP contribution in [-0.2, 0) is 16.1 Å². The zero-order valence-electron chi connectivity index (χ0n) is 11.0. The minimum Gasteiger partial charge on any atom is -0.337 e. The standard InChI is InChI=1S/C12H16N4O3/c1-7-11(17)15-5-3-4-9(15)12(18)16(7)6-10-13-8(2)14-19-10/h7,9H,3-6H2,1-2H3. The molecule has 0 bridgehead atoms. The highest BCUT2D eigenvalue weighted by atomic mass is 16.5. The summed E-state index contributed by atoms with van der Waals surface area (Å²) < 4.78 is 5.03. The third kappa shape index (κ3) is 1.89. The number of aryl methyl sites for hydroxylation is 1. The highest BCUT2D eigenvalue weighted by Gasteiger charge is 2.46. The summed E-state index contributed by atoms with van der Waals surface area (Å²) in [7, 11) is 0. The van der Waals surface area contributed by atoms with E-state index in [2.05, 4.69) is 10.1 Å². The fourth-order valence-corrected chi connectivity index (χ4v) is 2.81. The number of hydrogen-bond donors (Lipinski definition) is 0. The van der Waals surface area contributed by atoms with Crippen LogP contribution in [0.4, 0.5) is 0 Å². The lowest BCUT2D eigenvalue weighted by molar-refractivity contribution is -0.159. The lowest BCUT2D eigenvalue weighted by atomic mass is 10.1. The molecule has 2 atom stereocenters. The number of carbonyl (C=O) groups is 2. The normalized spacial score (nSPS) is 27.1. The van der Waals surface area contributed by atoms with Gasteiger partial charge in [0.25, 0.3) is 0 Å². The van der Waals surface area contributed by atoms with Crippen molar-refractivity contribution >= 4 is 11.8 Å². The van der Waals surface area contributed by atoms with Crippen molar-refractivity contribution in [2.45, 2.75) is 45.3 Å². The lowest BCUT2D eigenvalue weighted by Gasteiger charge is -2.40. The summed E-state index contributed by atoms with van der Waals surface area (Å²) in [6, 6.07) is -0.762. The molecule has 2 unspecified atom stereocenters. The van der Waals surface area contributed by atoms with Crippen LogP contribution in [0.25, 0.3) is 0 Å². The van der Waals surface area contributed by atoms with Gasteiger partial charge >= 0.3 is 0 Å². The summed E-state index contributed by atoms with van der Waals surface area (Å²) in [5.41, 5.74) is 0. The maximum absolute atomic E-state index is 12.4. The Labute approximate surface area is 110 Å². The SMILES string of the molecule is Cc1noc(CN2C(=O)C3CCCN3C(=O)C2C)n1. The molecule has 7 nitrogen and oxygen atoms in total. The lowest BCUT2D eigenvalue weighted by Crippen LogP contribution is -2.61. The molecule has 1 aromatic rings. The van der Waals surface area contributed by atoms with Gasteiger partial charge in [-0.3, -0.25) is 9.59 Å². The van der Waals surface area contributed by atoms with E-state index in [0.29, 0.717) is 18.3 Å². The molecule has 0 aromatic carbocycles. The number of rotatable bonds is 2. The molecule has 2 aliphatic heterocycles. The van der Waals surface area contributed by atoms with Gasteiger partial charge < -0.3 is 14.3 Å². The van der Waals surface area contributed by atoms with Gasteiger partial charge in [0.1, 0.15) is 18.6 Å². The summed E-state index contributed by atoms with van der Waals surface area (Å²) in [5, 5.41) is 3.70. The van der Waals surface area contributed by atoms with Crippen LogP contribution in [0.2, 0.25) is 0 Å². The van der Waals surface area contributed by atoms with E-state index in [-0.39, 0.29) is 24.4 Å². The molecular formula is C12H16N4O3. The van der Waals surface area contributed by atoms with Crippen molar-refractivity contribution in [3.63, 3.8) is 0 Å². The molecule has 0 saturated carbocycles. The van der Waals surface area contributed by atoms with Crippen molar-refractivity contribution in [1.82, 2.24) is 19.9 Å². The first-order valence-corrected chi connectivity index (χ1v) is 6.48. The number of aromatic nitrogens is 2. The molecule has 2 saturated heterocycles. The van der Waals surface area contributed by atoms with Crippen LogP contribution >= 0.6 is 0 Å². The smallest absolute Gasteiger partial charge is 0.246 e. The van der Waals surface area contributed by atoms with E-state index in [4.69, 9.17) is 4.52 Å². The van der Waals surface area contributed by atoms with Crippen molar-refractivity contribution in [2.75, 3.05) is 6.54 Å². The van der Waals surface area contributed by atoms with E-state index < -0.39 is 6.04 Å². The zero-order valence-corrected chi connectivity index (χ0v) is 11.0. The van der Waals surface area contributed by atoms with Gasteiger partial charge in [-0.15, -0.1) is 0 Å². The Hall–Kier alpha value is -1.92. The average Bonchev–Trinajstić information content (AvgIpc) is 3.01. The van der Waals surface area contributed by atoms with Gasteiger partial charge in [0, 0.05) is 6.54 Å². The number of hydrogen-bond acceptors (Lipinski definition) is 5. The van der Waals surface area contributed by atoms with Crippen molar-refractivity contribution in [2.24, 2.45) is 0 Å². The number of amides is 2. The zero-order chi connectivity index (χ0) is 13.6. The maximum atomic E-state index is 12.4. The van der Waals surface area contributed by atoms with Crippen LogP contribution in [0, 0.1) is 6.92 Å². The minimum absolute atomic E-state index is 0.0123. The predicted molar refractivity (Wildman–Crippen MR) is 63.8 cm³/mol. The molecule has 102 valence electrons. The first kappa shape index (κ1) is 12.1. The van der Waals surface area contributed by atoms with Crippen molar-refractivity contribution in [3.8, 4) is 0 Å². The van der Waals surface area contributed by atoms with E-state index in [1.165, 1.54) is 0 Å². The molecule has 2 fully saturated rings. The second-order valence-corrected chi connectivity index (χ2v) is 5.07. The van der Waals surface area contributed by atoms with Gasteiger partial charge in [0.15, 0.2) is 5.82 Å².